The molecule has 5 heteroatoms. The number of benzene rings is 1. The van der Waals surface area contributed by atoms with Crippen molar-refractivity contribution in [1.29, 1.82) is 0 Å². The Labute approximate surface area is 138 Å². The van der Waals surface area contributed by atoms with Gasteiger partial charge in [-0.3, -0.25) is 4.99 Å². The van der Waals surface area contributed by atoms with Gasteiger partial charge in [0.1, 0.15) is 0 Å². The fraction of sp³-hybridized carbons (Fsp3) is 0.250. The molecule has 0 aliphatic carbocycles. The highest BCUT2D eigenvalue weighted by Crippen LogP contribution is 2.24. The number of methoxy groups -OCH3 is 1. The van der Waals surface area contributed by atoms with Crippen LogP contribution in [-0.2, 0) is 0 Å². The first kappa shape index (κ1) is 16.0. The molecule has 0 fully saturated rings. The third-order valence-corrected chi connectivity index (χ3v) is 4.47. The first-order valence-electron chi connectivity index (χ1n) is 6.51. The number of thioether (sulfide) groups is 1. The summed E-state index contributed by atoms with van der Waals surface area (Å²) in [6.45, 7) is 4.11. The minimum Gasteiger partial charge on any atom is -0.481 e. The number of hydrogen-bond donors (Lipinski definition) is 0. The first-order valence-corrected chi connectivity index (χ1v) is 8.29. The summed E-state index contributed by atoms with van der Waals surface area (Å²) < 4.78 is 6.13. The van der Waals surface area contributed by atoms with Gasteiger partial charge in [-0.05, 0) is 43.7 Å². The number of aromatic nitrogens is 1. The number of pyridine rings is 1. The molecule has 110 valence electrons. The molecule has 2 rings (SSSR count). The van der Waals surface area contributed by atoms with Crippen LogP contribution < -0.4 is 4.74 Å². The number of rotatable bonds is 5. The summed E-state index contributed by atoms with van der Waals surface area (Å²) >= 11 is 5.18. The molecule has 0 amide bonds. The van der Waals surface area contributed by atoms with Gasteiger partial charge < -0.3 is 4.74 Å². The van der Waals surface area contributed by atoms with Gasteiger partial charge in [-0.25, -0.2) is 4.98 Å². The first-order chi connectivity index (χ1) is 10.1. The van der Waals surface area contributed by atoms with Crippen LogP contribution in [0.2, 0.25) is 0 Å². The zero-order chi connectivity index (χ0) is 15.2. The molecule has 0 saturated heterocycles. The summed E-state index contributed by atoms with van der Waals surface area (Å²) in [5.74, 6) is 1.47. The molecule has 1 aromatic heterocycles. The van der Waals surface area contributed by atoms with E-state index >= 15 is 0 Å². The van der Waals surface area contributed by atoms with Gasteiger partial charge in [-0.2, -0.15) is 0 Å². The second kappa shape index (κ2) is 7.61. The Kier molecular flexibility index (Phi) is 5.82. The van der Waals surface area contributed by atoms with Crippen LogP contribution in [0.3, 0.4) is 0 Å². The van der Waals surface area contributed by atoms with Gasteiger partial charge in [0.25, 0.3) is 0 Å². The third kappa shape index (κ3) is 4.86. The summed E-state index contributed by atoms with van der Waals surface area (Å²) in [5, 5.41) is 0. The van der Waals surface area contributed by atoms with E-state index in [1.165, 1.54) is 5.56 Å². The van der Waals surface area contributed by atoms with E-state index in [1.807, 2.05) is 37.4 Å². The van der Waals surface area contributed by atoms with E-state index in [1.54, 1.807) is 18.9 Å². The highest BCUT2D eigenvalue weighted by atomic mass is 79.9. The number of aryl methyl sites for hydroxylation is 1. The van der Waals surface area contributed by atoms with Crippen molar-refractivity contribution in [3.8, 4) is 5.88 Å². The summed E-state index contributed by atoms with van der Waals surface area (Å²) in [7, 11) is 1.62. The number of halogens is 1. The van der Waals surface area contributed by atoms with E-state index in [-0.39, 0.29) is 0 Å². The Balaban J connectivity index is 1.99. The van der Waals surface area contributed by atoms with E-state index in [2.05, 4.69) is 38.9 Å². The van der Waals surface area contributed by atoms with Gasteiger partial charge in [-0.1, -0.05) is 15.9 Å². The van der Waals surface area contributed by atoms with Crippen molar-refractivity contribution in [1.82, 2.24) is 4.98 Å². The van der Waals surface area contributed by atoms with Crippen LogP contribution in [-0.4, -0.2) is 23.6 Å². The van der Waals surface area contributed by atoms with Crippen molar-refractivity contribution >= 4 is 39.1 Å². The zero-order valence-corrected chi connectivity index (χ0v) is 14.7. The van der Waals surface area contributed by atoms with Crippen molar-refractivity contribution in [2.75, 3.05) is 12.9 Å². The van der Waals surface area contributed by atoms with E-state index < -0.39 is 0 Å². The van der Waals surface area contributed by atoms with Gasteiger partial charge in [0.2, 0.25) is 5.88 Å². The molecule has 0 aliphatic heterocycles. The smallest absolute Gasteiger partial charge is 0.212 e. The van der Waals surface area contributed by atoms with E-state index in [0.29, 0.717) is 5.88 Å². The van der Waals surface area contributed by atoms with Crippen LogP contribution in [0, 0.1) is 6.92 Å². The fourth-order valence-corrected chi connectivity index (χ4v) is 2.95. The lowest BCUT2D eigenvalue weighted by molar-refractivity contribution is 0.397. The molecule has 0 N–H and O–H groups in total. The monoisotopic (exact) mass is 364 g/mol. The molecule has 2 aromatic rings. The Hall–Kier alpha value is -1.33. The van der Waals surface area contributed by atoms with Crippen molar-refractivity contribution in [3.05, 3.63) is 46.6 Å². The molecule has 0 radical (unpaired) electrons. The average Bonchev–Trinajstić information content (AvgIpc) is 2.48. The van der Waals surface area contributed by atoms with Crippen molar-refractivity contribution in [2.45, 2.75) is 18.7 Å². The predicted octanol–water partition coefficient (Wildman–Crippen LogP) is 5.05. The minimum atomic E-state index is 0.634. The molecule has 0 spiro atoms. The van der Waals surface area contributed by atoms with Crippen LogP contribution in [0.1, 0.15) is 12.5 Å². The molecular weight excluding hydrogens is 348 g/mol. The maximum absolute atomic E-state index is 5.05. The molecule has 0 atom stereocenters. The lowest BCUT2D eigenvalue weighted by atomic mass is 10.2. The quantitative estimate of drug-likeness (QED) is 0.550. The molecule has 0 saturated carbocycles. The standard InChI is InChI=1S/C16H17BrN2OS/c1-11-8-13(17)4-6-15(11)19-12(2)10-21-14-5-7-16(20-3)18-9-14/h4-9H,10H2,1-3H3/b19-12+. The molecule has 3 nitrogen and oxygen atoms in total. The topological polar surface area (TPSA) is 34.5 Å². The Morgan fingerprint density at radius 3 is 2.76 bits per heavy atom. The average molecular weight is 365 g/mol. The van der Waals surface area contributed by atoms with Gasteiger partial charge in [0.05, 0.1) is 12.8 Å². The molecular formula is C16H17BrN2OS. The largest absolute Gasteiger partial charge is 0.481 e. The molecule has 21 heavy (non-hydrogen) atoms. The molecule has 1 aromatic carbocycles. The Morgan fingerprint density at radius 1 is 1.33 bits per heavy atom. The van der Waals surface area contributed by atoms with Gasteiger partial charge >= 0.3 is 0 Å². The normalized spacial score (nSPS) is 11.5. The minimum absolute atomic E-state index is 0.634. The second-order valence-electron chi connectivity index (χ2n) is 4.60. The molecule has 0 unspecified atom stereocenters. The zero-order valence-electron chi connectivity index (χ0n) is 12.3. The summed E-state index contributed by atoms with van der Waals surface area (Å²) in [5.41, 5.74) is 3.27. The van der Waals surface area contributed by atoms with E-state index in [4.69, 9.17) is 4.74 Å². The maximum Gasteiger partial charge on any atom is 0.212 e. The molecule has 0 bridgehead atoms. The number of hydrogen-bond acceptors (Lipinski definition) is 4. The van der Waals surface area contributed by atoms with Gasteiger partial charge in [0.15, 0.2) is 0 Å². The fourth-order valence-electron chi connectivity index (χ4n) is 1.74. The summed E-state index contributed by atoms with van der Waals surface area (Å²) in [6, 6.07) is 10.00. The number of nitrogens with zero attached hydrogens (tertiary/aromatic N) is 2. The van der Waals surface area contributed by atoms with Gasteiger partial charge in [-0.15, -0.1) is 11.8 Å². The van der Waals surface area contributed by atoms with Crippen molar-refractivity contribution < 1.29 is 4.74 Å². The van der Waals surface area contributed by atoms with Crippen LogP contribution in [0.15, 0.2) is 50.9 Å². The highest BCUT2D eigenvalue weighted by Gasteiger charge is 2.01. The number of ether oxygens (including phenoxy) is 1. The lowest BCUT2D eigenvalue weighted by Crippen LogP contribution is -1.95. The number of aliphatic imine (C=N–C) groups is 1. The molecule has 1 heterocycles. The highest BCUT2D eigenvalue weighted by molar-refractivity contribution is 9.10. The Morgan fingerprint density at radius 2 is 2.14 bits per heavy atom. The van der Waals surface area contributed by atoms with Gasteiger partial charge in [0, 0.05) is 33.1 Å². The molecule has 0 aliphatic rings. The summed E-state index contributed by atoms with van der Waals surface area (Å²) in [4.78, 5) is 9.98. The maximum atomic E-state index is 5.05. The van der Waals surface area contributed by atoms with E-state index in [9.17, 15) is 0 Å². The van der Waals surface area contributed by atoms with Crippen LogP contribution in [0.4, 0.5) is 5.69 Å². The van der Waals surface area contributed by atoms with Crippen LogP contribution >= 0.6 is 27.7 Å². The Bertz CT molecular complexity index is 641. The van der Waals surface area contributed by atoms with Crippen molar-refractivity contribution in [3.63, 3.8) is 0 Å². The summed E-state index contributed by atoms with van der Waals surface area (Å²) in [6.07, 6.45) is 1.82. The SMILES string of the molecule is COc1ccc(SC/C(C)=N/c2ccc(Br)cc2C)cn1. The lowest BCUT2D eigenvalue weighted by Gasteiger charge is -2.05. The van der Waals surface area contributed by atoms with Crippen LogP contribution in [0.25, 0.3) is 0 Å². The second-order valence-corrected chi connectivity index (χ2v) is 6.57. The van der Waals surface area contributed by atoms with E-state index in [0.717, 1.165) is 26.5 Å². The third-order valence-electron chi connectivity index (χ3n) is 2.84. The van der Waals surface area contributed by atoms with Crippen molar-refractivity contribution in [2.24, 2.45) is 4.99 Å². The predicted molar refractivity (Wildman–Crippen MR) is 93.2 cm³/mol. The van der Waals surface area contributed by atoms with Crippen LogP contribution in [0.5, 0.6) is 5.88 Å².